The van der Waals surface area contributed by atoms with Gasteiger partial charge in [-0.15, -0.1) is 0 Å². The number of carbonyl (C=O) groups is 12. The molecule has 21 N–H and O–H groups in total. The van der Waals surface area contributed by atoms with E-state index in [0.717, 1.165) is 13.0 Å². The van der Waals surface area contributed by atoms with Crippen LogP contribution in [0.4, 0.5) is 0 Å². The third-order valence-electron chi connectivity index (χ3n) is 15.1. The Balaban J connectivity index is 1.68. The zero-order chi connectivity index (χ0) is 68.9. The number of aliphatic hydroxyl groups is 2. The number of carbonyl (C=O) groups excluding carboxylic acids is 12. The zero-order valence-corrected chi connectivity index (χ0v) is 53.4. The first kappa shape index (κ1) is 77.1. The quantitative estimate of drug-likeness (QED) is 0.0336. The Morgan fingerprint density at radius 1 is 0.624 bits per heavy atom. The summed E-state index contributed by atoms with van der Waals surface area (Å²) >= 11 is 6.00. The molecule has 9 amide bonds. The molecule has 2 unspecified atom stereocenters. The van der Waals surface area contributed by atoms with E-state index in [2.05, 4.69) is 52.8 Å². The number of hydrogen-bond donors (Lipinski definition) is 16. The van der Waals surface area contributed by atoms with E-state index in [0.29, 0.717) is 5.56 Å². The lowest BCUT2D eigenvalue weighted by Gasteiger charge is -2.28. The van der Waals surface area contributed by atoms with Crippen molar-refractivity contribution in [3.8, 4) is 5.88 Å². The lowest BCUT2D eigenvalue weighted by molar-refractivity contribution is -0.136. The maximum atomic E-state index is 14.7. The summed E-state index contributed by atoms with van der Waals surface area (Å²) in [5.74, 6) is -13.7. The summed E-state index contributed by atoms with van der Waals surface area (Å²) < 4.78 is 5.32. The minimum Gasteiger partial charge on any atom is -0.404 e. The molecule has 4 rings (SSSR count). The van der Waals surface area contributed by atoms with Crippen LogP contribution in [0.1, 0.15) is 112 Å². The summed E-state index contributed by atoms with van der Waals surface area (Å²) in [7, 11) is 0. The second-order valence-corrected chi connectivity index (χ2v) is 23.5. The summed E-state index contributed by atoms with van der Waals surface area (Å²) in [4.78, 5) is 173. The van der Waals surface area contributed by atoms with Gasteiger partial charge in [0.1, 0.15) is 36.3 Å². The van der Waals surface area contributed by atoms with Crippen LogP contribution in [-0.2, 0) is 54.4 Å². The van der Waals surface area contributed by atoms with Crippen LogP contribution in [0.2, 0.25) is 5.02 Å². The molecule has 1 aliphatic rings. The van der Waals surface area contributed by atoms with Crippen LogP contribution in [0.25, 0.3) is 0 Å². The number of nitrogens with one attached hydrogen (secondary N) is 9. The van der Waals surface area contributed by atoms with Gasteiger partial charge in [-0.25, -0.2) is 9.78 Å². The Morgan fingerprint density at radius 3 is 1.85 bits per heavy atom. The Bertz CT molecular complexity index is 3050. The minimum atomic E-state index is -1.80. The zero-order valence-electron chi connectivity index (χ0n) is 52.7. The van der Waals surface area contributed by atoms with Gasteiger partial charge in [-0.3, -0.25) is 52.7 Å². The van der Waals surface area contributed by atoms with E-state index in [-0.39, 0.29) is 112 Å². The van der Waals surface area contributed by atoms with Crippen molar-refractivity contribution in [2.24, 2.45) is 46.4 Å². The van der Waals surface area contributed by atoms with Crippen LogP contribution in [0.3, 0.4) is 0 Å². The smallest absolute Gasteiger partial charge is 0.344 e. The largest absolute Gasteiger partial charge is 0.404 e. The highest BCUT2D eigenvalue weighted by molar-refractivity contribution is 6.31. The van der Waals surface area contributed by atoms with Crippen molar-refractivity contribution in [2.45, 2.75) is 152 Å². The molecule has 30 nitrogen and oxygen atoms in total. The van der Waals surface area contributed by atoms with Gasteiger partial charge < -0.3 is 91.5 Å². The highest BCUT2D eigenvalue weighted by Gasteiger charge is 2.38. The first-order valence-corrected chi connectivity index (χ1v) is 31.2. The van der Waals surface area contributed by atoms with Crippen molar-refractivity contribution >= 4 is 82.3 Å². The van der Waals surface area contributed by atoms with Gasteiger partial charge in [-0.2, -0.15) is 0 Å². The van der Waals surface area contributed by atoms with Gasteiger partial charge in [0.2, 0.25) is 53.1 Å². The standard InChI is InChI=1S/C62H90ClN15O15/c1-33(2)27-46-58(88)71-42(14-21-65)48(81)30-37(13-20-64)55(85)77-51(34(3)79)60(90)70-26-19-38(53(83)73-44(16-23-67)56(86)76-47(59(89)75-46)28-36-9-6-5-7-10-36)31-49(82)43(15-22-66)72-61(91)52(35(4)80)78-57(87)45(17-24-68)74-54(84)39-18-25-69-50(32-39)93-62(92)40-11-8-12-41(63)29-40/h5-12,18,25,29,32-35,37-38,42-47,51-52,79-80H,13-17,19-24,26-28,30-31,64-68H2,1-4H3,(H,70,90)(H,71,88)(H,72,91)(H,73,83)(H,74,84)(H,75,89)(H,76,86)(H,77,85)(H,78,87)/t34?,35?,37-,38-,42+,43+,44+,45+,46+,47-,51+,52+/m1/s1. The third-order valence-corrected chi connectivity index (χ3v) is 15.3. The number of benzene rings is 2. The number of aliphatic hydroxyl groups excluding tert-OH is 2. The lowest BCUT2D eigenvalue weighted by atomic mass is 9.92. The van der Waals surface area contributed by atoms with E-state index >= 15 is 0 Å². The number of amides is 9. The number of pyridine rings is 1. The molecule has 0 radical (unpaired) electrons. The fourth-order valence-corrected chi connectivity index (χ4v) is 10.2. The van der Waals surface area contributed by atoms with E-state index < -0.39 is 162 Å². The lowest BCUT2D eigenvalue weighted by Crippen LogP contribution is -2.59. The monoisotopic (exact) mass is 1320 g/mol. The van der Waals surface area contributed by atoms with Crippen molar-refractivity contribution in [2.75, 3.05) is 39.3 Å². The van der Waals surface area contributed by atoms with Crippen molar-refractivity contribution in [1.82, 2.24) is 52.8 Å². The molecule has 2 aromatic carbocycles. The van der Waals surface area contributed by atoms with Crippen molar-refractivity contribution in [3.63, 3.8) is 0 Å². The molecular formula is C62H90ClN15O15. The Hall–Kier alpha value is -8.36. The number of hydrogen-bond acceptors (Lipinski definition) is 21. The summed E-state index contributed by atoms with van der Waals surface area (Å²) in [6.07, 6.45) is -4.56. The average Bonchev–Trinajstić information content (AvgIpc) is 1.36. The number of nitrogens with zero attached hydrogens (tertiary/aromatic N) is 1. The topological polar surface area (TPSA) is 506 Å². The van der Waals surface area contributed by atoms with Gasteiger partial charge >= 0.3 is 5.97 Å². The Kier molecular flexibility index (Phi) is 32.5. The van der Waals surface area contributed by atoms with Gasteiger partial charge in [0.25, 0.3) is 5.91 Å². The Morgan fingerprint density at radius 2 is 1.23 bits per heavy atom. The summed E-state index contributed by atoms with van der Waals surface area (Å²) in [6.45, 7) is 4.75. The van der Waals surface area contributed by atoms with Crippen LogP contribution in [-0.4, -0.2) is 186 Å². The molecule has 0 bridgehead atoms. The maximum absolute atomic E-state index is 14.7. The van der Waals surface area contributed by atoms with Crippen LogP contribution >= 0.6 is 11.6 Å². The molecule has 2 heterocycles. The van der Waals surface area contributed by atoms with Crippen LogP contribution in [0.15, 0.2) is 72.9 Å². The molecule has 510 valence electrons. The molecule has 1 fully saturated rings. The molecule has 1 saturated heterocycles. The van der Waals surface area contributed by atoms with Crippen LogP contribution < -0.4 is 81.3 Å². The molecule has 12 atom stereocenters. The number of halogens is 1. The van der Waals surface area contributed by atoms with Gasteiger partial charge in [0.05, 0.1) is 29.9 Å². The normalized spacial score (nSPS) is 21.6. The highest BCUT2D eigenvalue weighted by atomic mass is 35.5. The van der Waals surface area contributed by atoms with Crippen molar-refractivity contribution < 1.29 is 72.5 Å². The highest BCUT2D eigenvalue weighted by Crippen LogP contribution is 2.19. The first-order valence-electron chi connectivity index (χ1n) is 30.8. The molecular weight excluding hydrogens is 1230 g/mol. The number of aromatic nitrogens is 1. The molecule has 1 aromatic heterocycles. The number of nitrogens with two attached hydrogens (primary N) is 5. The summed E-state index contributed by atoms with van der Waals surface area (Å²) in [5.41, 5.74) is 30.1. The molecule has 0 aliphatic carbocycles. The molecule has 3 aromatic rings. The SMILES string of the molecule is CC(C)C[C@@H]1NC(=O)[C@@H](Cc2ccccc2)NC(=O)[C@H](CCN)NC(=O)[C@@H](CC(=O)[C@H](CCN)NC(=O)[C@@H](NC(=O)[C@H](CCN)NC(=O)c2ccnc(OC(=O)c3cccc(Cl)c3)c2)C(C)O)CCNC(=O)[C@H](C(C)O)NC(=O)[C@H](CCN)CC(=O)[C@H](CCN)NC1=O. The molecule has 0 saturated carbocycles. The van der Waals surface area contributed by atoms with Crippen LogP contribution in [0, 0.1) is 17.8 Å². The van der Waals surface area contributed by atoms with Crippen molar-refractivity contribution in [3.05, 3.63) is 94.6 Å². The van der Waals surface area contributed by atoms with Gasteiger partial charge in [-0.1, -0.05) is 61.8 Å². The van der Waals surface area contributed by atoms with E-state index in [1.165, 1.54) is 37.4 Å². The van der Waals surface area contributed by atoms with Crippen molar-refractivity contribution in [1.29, 1.82) is 0 Å². The van der Waals surface area contributed by atoms with E-state index in [4.69, 9.17) is 45.0 Å². The molecule has 31 heteroatoms. The number of ether oxygens (including phenoxy) is 1. The van der Waals surface area contributed by atoms with Gasteiger partial charge in [-0.05, 0) is 127 Å². The van der Waals surface area contributed by atoms with E-state index in [1.54, 1.807) is 50.2 Å². The maximum Gasteiger partial charge on any atom is 0.344 e. The van der Waals surface area contributed by atoms with Crippen LogP contribution in [0.5, 0.6) is 5.88 Å². The predicted octanol–water partition coefficient (Wildman–Crippen LogP) is -3.09. The Labute approximate surface area is 544 Å². The van der Waals surface area contributed by atoms with E-state index in [1.807, 2.05) is 0 Å². The number of rotatable bonds is 27. The van der Waals surface area contributed by atoms with Gasteiger partial charge in [0, 0.05) is 60.5 Å². The molecule has 93 heavy (non-hydrogen) atoms. The van der Waals surface area contributed by atoms with Gasteiger partial charge in [0.15, 0.2) is 11.6 Å². The van der Waals surface area contributed by atoms with E-state index in [9.17, 15) is 67.7 Å². The first-order chi connectivity index (χ1) is 44.2. The number of esters is 1. The summed E-state index contributed by atoms with van der Waals surface area (Å²) in [6, 6.07) is 4.99. The average molecular weight is 1320 g/mol. The number of Topliss-reactive ketones (excluding diaryl/α,β-unsaturated/α-hetero) is 2. The second-order valence-electron chi connectivity index (χ2n) is 23.1. The fourth-order valence-electron chi connectivity index (χ4n) is 10.0. The molecule has 0 spiro atoms. The third kappa shape index (κ3) is 25.2. The second kappa shape index (κ2) is 39.2. The predicted molar refractivity (Wildman–Crippen MR) is 341 cm³/mol. The number of ketones is 2. The molecule has 1 aliphatic heterocycles. The minimum absolute atomic E-state index is 0.0526. The summed E-state index contributed by atoms with van der Waals surface area (Å²) in [5, 5.41) is 45.2. The fraction of sp³-hybridized carbons (Fsp3) is 0.532.